The van der Waals surface area contributed by atoms with E-state index < -0.39 is 0 Å². The summed E-state index contributed by atoms with van der Waals surface area (Å²) in [6, 6.07) is 8.10. The number of aromatic nitrogens is 4. The minimum Gasteiger partial charge on any atom is -0.317 e. The average molecular weight is 279 g/mol. The molecule has 4 heterocycles. The van der Waals surface area contributed by atoms with E-state index in [4.69, 9.17) is 0 Å². The van der Waals surface area contributed by atoms with E-state index in [0.717, 1.165) is 48.5 Å². The Bertz CT molecular complexity index is 744. The van der Waals surface area contributed by atoms with Crippen molar-refractivity contribution in [2.45, 2.75) is 18.8 Å². The van der Waals surface area contributed by atoms with Crippen molar-refractivity contribution in [3.63, 3.8) is 0 Å². The Labute approximate surface area is 123 Å². The van der Waals surface area contributed by atoms with Gasteiger partial charge in [0.2, 0.25) is 0 Å². The van der Waals surface area contributed by atoms with Gasteiger partial charge < -0.3 is 5.32 Å². The summed E-state index contributed by atoms with van der Waals surface area (Å²) < 4.78 is 1.89. The lowest BCUT2D eigenvalue weighted by molar-refractivity contribution is 0.445. The van der Waals surface area contributed by atoms with Gasteiger partial charge >= 0.3 is 0 Å². The van der Waals surface area contributed by atoms with Crippen molar-refractivity contribution in [2.24, 2.45) is 0 Å². The van der Waals surface area contributed by atoms with Crippen LogP contribution in [0.3, 0.4) is 0 Å². The second-order valence-corrected chi connectivity index (χ2v) is 5.46. The molecule has 4 rings (SSSR count). The van der Waals surface area contributed by atoms with Crippen LogP contribution >= 0.6 is 0 Å². The fourth-order valence-corrected chi connectivity index (χ4v) is 2.86. The van der Waals surface area contributed by atoms with Gasteiger partial charge in [0.15, 0.2) is 11.5 Å². The van der Waals surface area contributed by atoms with Crippen molar-refractivity contribution in [1.82, 2.24) is 24.9 Å². The van der Waals surface area contributed by atoms with Crippen LogP contribution in [0.5, 0.6) is 0 Å². The molecule has 1 N–H and O–H groups in total. The smallest absolute Gasteiger partial charge is 0.155 e. The topological polar surface area (TPSA) is 55.1 Å². The highest BCUT2D eigenvalue weighted by Crippen LogP contribution is 2.24. The van der Waals surface area contributed by atoms with Gasteiger partial charge in [-0.25, -0.2) is 9.50 Å². The average Bonchev–Trinajstić information content (AvgIpc) is 2.99. The van der Waals surface area contributed by atoms with Crippen LogP contribution in [-0.4, -0.2) is 32.7 Å². The van der Waals surface area contributed by atoms with Crippen molar-refractivity contribution < 1.29 is 0 Å². The molecule has 5 nitrogen and oxygen atoms in total. The number of nitrogens with zero attached hydrogens (tertiary/aromatic N) is 4. The van der Waals surface area contributed by atoms with Crippen LogP contribution in [0.2, 0.25) is 0 Å². The molecule has 0 bridgehead atoms. The normalized spacial score (nSPS) is 16.4. The highest BCUT2D eigenvalue weighted by atomic mass is 15.3. The van der Waals surface area contributed by atoms with E-state index in [1.165, 1.54) is 0 Å². The van der Waals surface area contributed by atoms with E-state index in [2.05, 4.69) is 32.5 Å². The summed E-state index contributed by atoms with van der Waals surface area (Å²) in [5.74, 6) is 1.45. The highest BCUT2D eigenvalue weighted by molar-refractivity contribution is 5.63. The highest BCUT2D eigenvalue weighted by Gasteiger charge is 2.19. The molecule has 0 aromatic carbocycles. The lowest BCUT2D eigenvalue weighted by atomic mass is 9.98. The molecule has 0 spiro atoms. The molecule has 1 fully saturated rings. The van der Waals surface area contributed by atoms with Crippen LogP contribution in [0.25, 0.3) is 16.8 Å². The van der Waals surface area contributed by atoms with Crippen LogP contribution in [0.1, 0.15) is 24.6 Å². The number of fused-ring (bicyclic) bond motifs is 1. The Morgan fingerprint density at radius 1 is 1.10 bits per heavy atom. The molecule has 0 radical (unpaired) electrons. The lowest BCUT2D eigenvalue weighted by Crippen LogP contribution is -2.27. The largest absolute Gasteiger partial charge is 0.317 e. The zero-order valence-electron chi connectivity index (χ0n) is 11.7. The molecular formula is C16H17N5. The first kappa shape index (κ1) is 12.5. The molecular weight excluding hydrogens is 262 g/mol. The van der Waals surface area contributed by atoms with Gasteiger partial charge in [-0.15, -0.1) is 0 Å². The Kier molecular flexibility index (Phi) is 3.12. The van der Waals surface area contributed by atoms with Crippen molar-refractivity contribution in [2.75, 3.05) is 13.1 Å². The van der Waals surface area contributed by atoms with Gasteiger partial charge in [-0.2, -0.15) is 5.10 Å². The van der Waals surface area contributed by atoms with E-state index in [1.807, 2.05) is 29.0 Å². The molecule has 1 aliphatic rings. The Hall–Kier alpha value is -2.27. The van der Waals surface area contributed by atoms with E-state index in [1.54, 1.807) is 6.20 Å². The van der Waals surface area contributed by atoms with Crippen molar-refractivity contribution in [3.8, 4) is 11.1 Å². The minimum absolute atomic E-state index is 0.480. The van der Waals surface area contributed by atoms with Crippen LogP contribution in [0, 0.1) is 0 Å². The van der Waals surface area contributed by atoms with Crippen molar-refractivity contribution in [1.29, 1.82) is 0 Å². The molecule has 1 aliphatic heterocycles. The summed E-state index contributed by atoms with van der Waals surface area (Å²) in [4.78, 5) is 8.85. The molecule has 3 aromatic heterocycles. The summed E-state index contributed by atoms with van der Waals surface area (Å²) in [5, 5.41) is 8.06. The molecule has 0 saturated carbocycles. The first-order valence-corrected chi connectivity index (χ1v) is 7.37. The maximum absolute atomic E-state index is 4.68. The number of piperidine rings is 1. The van der Waals surface area contributed by atoms with E-state index >= 15 is 0 Å². The van der Waals surface area contributed by atoms with Gasteiger partial charge in [-0.05, 0) is 44.1 Å². The molecule has 0 amide bonds. The summed E-state index contributed by atoms with van der Waals surface area (Å²) in [6.45, 7) is 2.11. The molecule has 0 unspecified atom stereocenters. The van der Waals surface area contributed by atoms with Gasteiger partial charge in [0.25, 0.3) is 0 Å². The zero-order chi connectivity index (χ0) is 14.1. The molecule has 1 saturated heterocycles. The van der Waals surface area contributed by atoms with Gasteiger partial charge in [-0.1, -0.05) is 6.07 Å². The summed E-state index contributed by atoms with van der Waals surface area (Å²) in [5.41, 5.74) is 3.12. The number of pyridine rings is 2. The predicted molar refractivity (Wildman–Crippen MR) is 81.1 cm³/mol. The lowest BCUT2D eigenvalue weighted by Gasteiger charge is -2.19. The summed E-state index contributed by atoms with van der Waals surface area (Å²) >= 11 is 0. The molecule has 3 aromatic rings. The van der Waals surface area contributed by atoms with E-state index in [0.29, 0.717) is 5.92 Å². The Balaban J connectivity index is 1.71. The zero-order valence-corrected chi connectivity index (χ0v) is 11.7. The van der Waals surface area contributed by atoms with Gasteiger partial charge in [0.05, 0.1) is 0 Å². The molecule has 21 heavy (non-hydrogen) atoms. The number of hydrogen-bond acceptors (Lipinski definition) is 4. The first-order valence-electron chi connectivity index (χ1n) is 7.37. The van der Waals surface area contributed by atoms with Crippen LogP contribution in [-0.2, 0) is 0 Å². The van der Waals surface area contributed by atoms with Crippen LogP contribution in [0.15, 0.2) is 42.9 Å². The monoisotopic (exact) mass is 279 g/mol. The van der Waals surface area contributed by atoms with E-state index in [-0.39, 0.29) is 0 Å². The molecule has 5 heteroatoms. The maximum atomic E-state index is 4.68. The van der Waals surface area contributed by atoms with Gasteiger partial charge in [0, 0.05) is 35.6 Å². The predicted octanol–water partition coefficient (Wildman–Crippen LogP) is 2.26. The Morgan fingerprint density at radius 2 is 2.00 bits per heavy atom. The SMILES string of the molecule is c1cncc(-c2ccc3nc(C4CCNCC4)nn3c2)c1. The van der Waals surface area contributed by atoms with Crippen molar-refractivity contribution >= 4 is 5.65 Å². The second kappa shape index (κ2) is 5.26. The number of rotatable bonds is 2. The third kappa shape index (κ3) is 2.40. The molecule has 0 atom stereocenters. The minimum atomic E-state index is 0.480. The van der Waals surface area contributed by atoms with Crippen LogP contribution in [0.4, 0.5) is 0 Å². The fourth-order valence-electron chi connectivity index (χ4n) is 2.86. The standard InChI is InChI=1S/C16H17N5/c1-2-13(10-18-7-1)14-3-4-15-19-16(20-21(15)11-14)12-5-8-17-9-6-12/h1-4,7,10-12,17H,5-6,8-9H2. The van der Waals surface area contributed by atoms with E-state index in [9.17, 15) is 0 Å². The third-order valence-corrected chi connectivity index (χ3v) is 4.05. The maximum Gasteiger partial charge on any atom is 0.155 e. The summed E-state index contributed by atoms with van der Waals surface area (Å²) in [7, 11) is 0. The quantitative estimate of drug-likeness (QED) is 0.782. The molecule has 0 aliphatic carbocycles. The number of hydrogen-bond donors (Lipinski definition) is 1. The summed E-state index contributed by atoms with van der Waals surface area (Å²) in [6.07, 6.45) is 7.92. The van der Waals surface area contributed by atoms with Gasteiger partial charge in [0.1, 0.15) is 0 Å². The second-order valence-electron chi connectivity index (χ2n) is 5.46. The molecule has 106 valence electrons. The van der Waals surface area contributed by atoms with Crippen molar-refractivity contribution in [3.05, 3.63) is 48.7 Å². The van der Waals surface area contributed by atoms with Crippen LogP contribution < -0.4 is 5.32 Å². The number of nitrogens with one attached hydrogen (secondary N) is 1. The fraction of sp³-hybridized carbons (Fsp3) is 0.312. The first-order chi connectivity index (χ1) is 10.4. The van der Waals surface area contributed by atoms with Gasteiger partial charge in [-0.3, -0.25) is 4.98 Å². The third-order valence-electron chi connectivity index (χ3n) is 4.05. The Morgan fingerprint density at radius 3 is 2.81 bits per heavy atom.